The van der Waals surface area contributed by atoms with Crippen LogP contribution in [-0.4, -0.2) is 91.4 Å². The maximum Gasteiger partial charge on any atom is 0.246 e. The van der Waals surface area contributed by atoms with E-state index in [0.29, 0.717) is 43.6 Å². The zero-order valence-corrected chi connectivity index (χ0v) is 20.6. The van der Waals surface area contributed by atoms with Crippen molar-refractivity contribution in [2.45, 2.75) is 6.04 Å². The molecule has 10 heteroatoms. The number of amides is 1. The highest BCUT2D eigenvalue weighted by atomic mass is 16.5. The molecule has 10 nitrogen and oxygen atoms in total. The van der Waals surface area contributed by atoms with Gasteiger partial charge in [0.15, 0.2) is 0 Å². The van der Waals surface area contributed by atoms with Crippen LogP contribution in [0.15, 0.2) is 42.9 Å². The Morgan fingerprint density at radius 1 is 1.17 bits per heavy atom. The van der Waals surface area contributed by atoms with E-state index in [9.17, 15) is 4.79 Å². The SMILES string of the molecule is COCCN(C)C/C=C/C(=O)N1CC(n2cc(-c3cc(OC)cc(OC)c3)c3c(N)ncnc32)C1. The number of nitrogens with two attached hydrogens (primary N) is 1. The van der Waals surface area contributed by atoms with Gasteiger partial charge in [0.05, 0.1) is 32.3 Å². The highest BCUT2D eigenvalue weighted by Gasteiger charge is 2.33. The molecule has 1 fully saturated rings. The average molecular weight is 481 g/mol. The predicted octanol–water partition coefficient (Wildman–Crippen LogP) is 2.22. The monoisotopic (exact) mass is 480 g/mol. The van der Waals surface area contributed by atoms with Crippen LogP contribution in [0.4, 0.5) is 5.82 Å². The van der Waals surface area contributed by atoms with Crippen molar-refractivity contribution in [3.8, 4) is 22.6 Å². The first-order chi connectivity index (χ1) is 16.9. The van der Waals surface area contributed by atoms with Crippen LogP contribution in [-0.2, 0) is 9.53 Å². The zero-order valence-electron chi connectivity index (χ0n) is 20.6. The molecule has 186 valence electrons. The van der Waals surface area contributed by atoms with Gasteiger partial charge in [0, 0.05) is 57.2 Å². The van der Waals surface area contributed by atoms with Crippen molar-refractivity contribution in [1.82, 2.24) is 24.3 Å². The quantitative estimate of drug-likeness (QED) is 0.440. The number of nitrogens with zero attached hydrogens (tertiary/aromatic N) is 5. The molecule has 1 aliphatic heterocycles. The van der Waals surface area contributed by atoms with Crippen molar-refractivity contribution < 1.29 is 19.0 Å². The van der Waals surface area contributed by atoms with Gasteiger partial charge in [-0.1, -0.05) is 6.08 Å². The highest BCUT2D eigenvalue weighted by molar-refractivity contribution is 6.01. The van der Waals surface area contributed by atoms with Gasteiger partial charge in [-0.2, -0.15) is 0 Å². The third kappa shape index (κ3) is 5.23. The Hall–Kier alpha value is -3.63. The minimum absolute atomic E-state index is 0.00440. The first-order valence-corrected chi connectivity index (χ1v) is 11.4. The van der Waals surface area contributed by atoms with E-state index in [1.807, 2.05) is 42.4 Å². The minimum atomic E-state index is 0.00440. The zero-order chi connectivity index (χ0) is 24.9. The summed E-state index contributed by atoms with van der Waals surface area (Å²) < 4.78 is 18.1. The van der Waals surface area contributed by atoms with Gasteiger partial charge in [0.2, 0.25) is 5.91 Å². The van der Waals surface area contributed by atoms with Crippen LogP contribution in [0.25, 0.3) is 22.2 Å². The molecule has 0 saturated carbocycles. The molecule has 1 saturated heterocycles. The van der Waals surface area contributed by atoms with Gasteiger partial charge in [-0.15, -0.1) is 0 Å². The number of hydrogen-bond donors (Lipinski definition) is 1. The number of ether oxygens (including phenoxy) is 3. The van der Waals surface area contributed by atoms with Gasteiger partial charge < -0.3 is 34.3 Å². The summed E-state index contributed by atoms with van der Waals surface area (Å²) in [5, 5.41) is 0.770. The fourth-order valence-electron chi connectivity index (χ4n) is 4.16. The molecule has 4 rings (SSSR count). The Morgan fingerprint density at radius 3 is 2.54 bits per heavy atom. The lowest BCUT2D eigenvalue weighted by Gasteiger charge is -2.39. The Balaban J connectivity index is 1.53. The van der Waals surface area contributed by atoms with Crippen LogP contribution in [0, 0.1) is 0 Å². The maximum atomic E-state index is 12.6. The van der Waals surface area contributed by atoms with Gasteiger partial charge in [-0.05, 0) is 24.7 Å². The van der Waals surface area contributed by atoms with E-state index < -0.39 is 0 Å². The van der Waals surface area contributed by atoms with Gasteiger partial charge in [-0.3, -0.25) is 4.79 Å². The molecule has 35 heavy (non-hydrogen) atoms. The number of carbonyl (C=O) groups excluding carboxylic acids is 1. The minimum Gasteiger partial charge on any atom is -0.497 e. The Bertz CT molecular complexity index is 1200. The fourth-order valence-corrected chi connectivity index (χ4v) is 4.16. The Morgan fingerprint density at radius 2 is 1.89 bits per heavy atom. The van der Waals surface area contributed by atoms with Crippen LogP contribution in [0.3, 0.4) is 0 Å². The summed E-state index contributed by atoms with van der Waals surface area (Å²) in [4.78, 5) is 25.2. The Kier molecular flexibility index (Phi) is 7.52. The van der Waals surface area contributed by atoms with Crippen LogP contribution in [0.1, 0.15) is 6.04 Å². The van der Waals surface area contributed by atoms with E-state index in [4.69, 9.17) is 19.9 Å². The molecular weight excluding hydrogens is 448 g/mol. The highest BCUT2D eigenvalue weighted by Crippen LogP contribution is 2.38. The van der Waals surface area contributed by atoms with E-state index in [1.54, 1.807) is 27.4 Å². The van der Waals surface area contributed by atoms with Gasteiger partial charge in [-0.25, -0.2) is 9.97 Å². The topological polar surface area (TPSA) is 108 Å². The molecule has 2 aromatic heterocycles. The molecule has 0 atom stereocenters. The van der Waals surface area contributed by atoms with Crippen molar-refractivity contribution in [2.75, 3.05) is 66.9 Å². The Labute approximate surface area is 204 Å². The normalized spacial score (nSPS) is 14.1. The molecule has 0 unspecified atom stereocenters. The molecule has 0 aliphatic carbocycles. The lowest BCUT2D eigenvalue weighted by Crippen LogP contribution is -2.50. The van der Waals surface area contributed by atoms with E-state index in [2.05, 4.69) is 19.4 Å². The molecule has 1 aromatic carbocycles. The number of likely N-dealkylation sites (tertiary alicyclic amines) is 1. The number of aromatic nitrogens is 3. The average Bonchev–Trinajstić information content (AvgIpc) is 3.22. The van der Waals surface area contributed by atoms with E-state index in [-0.39, 0.29) is 11.9 Å². The number of hydrogen-bond acceptors (Lipinski definition) is 8. The first-order valence-electron chi connectivity index (χ1n) is 11.4. The van der Waals surface area contributed by atoms with E-state index in [1.165, 1.54) is 6.33 Å². The number of fused-ring (bicyclic) bond motifs is 1. The van der Waals surface area contributed by atoms with E-state index >= 15 is 0 Å². The van der Waals surface area contributed by atoms with Crippen molar-refractivity contribution in [1.29, 1.82) is 0 Å². The number of likely N-dealkylation sites (N-methyl/N-ethyl adjacent to an activating group) is 1. The number of rotatable bonds is 10. The van der Waals surface area contributed by atoms with Crippen LogP contribution >= 0.6 is 0 Å². The lowest BCUT2D eigenvalue weighted by molar-refractivity contribution is -0.131. The molecule has 1 aliphatic rings. The van der Waals surface area contributed by atoms with Gasteiger partial charge >= 0.3 is 0 Å². The summed E-state index contributed by atoms with van der Waals surface area (Å²) in [6, 6.07) is 5.77. The molecule has 2 N–H and O–H groups in total. The number of carbonyl (C=O) groups is 1. The predicted molar refractivity (Wildman–Crippen MR) is 135 cm³/mol. The second-order valence-electron chi connectivity index (χ2n) is 8.56. The van der Waals surface area contributed by atoms with Crippen LogP contribution < -0.4 is 15.2 Å². The summed E-state index contributed by atoms with van der Waals surface area (Å²) in [5.41, 5.74) is 8.80. The van der Waals surface area contributed by atoms with Crippen molar-refractivity contribution >= 4 is 22.8 Å². The number of methoxy groups -OCH3 is 3. The number of benzene rings is 1. The largest absolute Gasteiger partial charge is 0.497 e. The molecule has 0 radical (unpaired) electrons. The molecule has 3 aromatic rings. The molecule has 3 heterocycles. The number of anilines is 1. The summed E-state index contributed by atoms with van der Waals surface area (Å²) >= 11 is 0. The summed E-state index contributed by atoms with van der Waals surface area (Å²) in [5.74, 6) is 1.76. The smallest absolute Gasteiger partial charge is 0.246 e. The summed E-state index contributed by atoms with van der Waals surface area (Å²) in [6.45, 7) is 3.36. The first kappa shape index (κ1) is 24.5. The third-order valence-electron chi connectivity index (χ3n) is 6.22. The van der Waals surface area contributed by atoms with Crippen LogP contribution in [0.2, 0.25) is 0 Å². The molecule has 0 bridgehead atoms. The second kappa shape index (κ2) is 10.7. The maximum absolute atomic E-state index is 12.6. The standard InChI is InChI=1S/C25H32N6O4/c1-29(8-9-33-2)7-5-6-22(32)30-13-18(14-30)31-15-21(23-24(26)27-16-28-25(23)31)17-10-19(34-3)12-20(11-17)35-4/h5-6,10-12,15-16,18H,7-9,13-14H2,1-4H3,(H2,26,27,28)/b6-5+. The summed E-state index contributed by atoms with van der Waals surface area (Å²) in [7, 11) is 6.91. The molecule has 1 amide bonds. The molecule has 0 spiro atoms. The lowest BCUT2D eigenvalue weighted by atomic mass is 10.1. The van der Waals surface area contributed by atoms with Crippen molar-refractivity contribution in [3.63, 3.8) is 0 Å². The fraction of sp³-hybridized carbons (Fsp3) is 0.400. The van der Waals surface area contributed by atoms with Crippen LogP contribution in [0.5, 0.6) is 11.5 Å². The van der Waals surface area contributed by atoms with Crippen molar-refractivity contribution in [3.05, 3.63) is 42.9 Å². The third-order valence-corrected chi connectivity index (χ3v) is 6.22. The number of nitrogen functional groups attached to an aromatic ring is 1. The van der Waals surface area contributed by atoms with Crippen molar-refractivity contribution in [2.24, 2.45) is 0 Å². The van der Waals surface area contributed by atoms with Gasteiger partial charge in [0.1, 0.15) is 29.3 Å². The van der Waals surface area contributed by atoms with Gasteiger partial charge in [0.25, 0.3) is 0 Å². The van der Waals surface area contributed by atoms with E-state index in [0.717, 1.165) is 28.7 Å². The molecular formula is C25H32N6O4. The second-order valence-corrected chi connectivity index (χ2v) is 8.56. The summed E-state index contributed by atoms with van der Waals surface area (Å²) in [6.07, 6.45) is 7.02.